The van der Waals surface area contributed by atoms with Gasteiger partial charge in [-0.1, -0.05) is 36.4 Å². The van der Waals surface area contributed by atoms with E-state index in [9.17, 15) is 0 Å². The average Bonchev–Trinajstić information content (AvgIpc) is 3.61. The summed E-state index contributed by atoms with van der Waals surface area (Å²) in [5.41, 5.74) is 8.02. The van der Waals surface area contributed by atoms with E-state index in [-0.39, 0.29) is 0 Å². The van der Waals surface area contributed by atoms with Gasteiger partial charge in [0, 0.05) is 29.7 Å². The molecule has 0 saturated heterocycles. The molecule has 9 nitrogen and oxygen atoms in total. The quantitative estimate of drug-likeness (QED) is 0.308. The molecule has 9 heteroatoms. The second-order valence-corrected chi connectivity index (χ2v) is 8.73. The van der Waals surface area contributed by atoms with Gasteiger partial charge in [0.15, 0.2) is 11.5 Å². The summed E-state index contributed by atoms with van der Waals surface area (Å²) >= 11 is 0. The third kappa shape index (κ3) is 4.01. The third-order valence-corrected chi connectivity index (χ3v) is 6.22. The minimum Gasteiger partial charge on any atom is -0.487 e. The highest BCUT2D eigenvalue weighted by molar-refractivity contribution is 5.95. The Bertz CT molecular complexity index is 1880. The number of hydrogen-bond acceptors (Lipinski definition) is 7. The van der Waals surface area contributed by atoms with Gasteiger partial charge in [-0.05, 0) is 35.9 Å². The molecule has 0 bridgehead atoms. The second-order valence-electron chi connectivity index (χ2n) is 8.73. The predicted octanol–water partition coefficient (Wildman–Crippen LogP) is 5.60. The van der Waals surface area contributed by atoms with E-state index < -0.39 is 0 Å². The molecule has 0 saturated carbocycles. The van der Waals surface area contributed by atoms with Crippen LogP contribution in [0.25, 0.3) is 56.1 Å². The van der Waals surface area contributed by atoms with Gasteiger partial charge in [0.1, 0.15) is 23.4 Å². The lowest BCUT2D eigenvalue weighted by molar-refractivity contribution is 0.305. The lowest BCUT2D eigenvalue weighted by atomic mass is 10.1. The van der Waals surface area contributed by atoms with Gasteiger partial charge in [0.05, 0.1) is 34.8 Å². The number of pyridine rings is 4. The standard InChI is InChI=1S/C29H20N8O/c1-2-6-18(7-3-1)17-38-20-12-19(13-30-14-20)22-9-10-24-27(33-22)28(37-36-24)29-34-25-16-31-15-21(26(25)35-29)23-8-4-5-11-32-23/h1-16H,17H2,(H,34,35)(H,36,37). The lowest BCUT2D eigenvalue weighted by Crippen LogP contribution is -1.96. The topological polar surface area (TPSA) is 118 Å². The molecule has 0 aliphatic heterocycles. The molecule has 0 unspecified atom stereocenters. The molecule has 7 aromatic rings. The van der Waals surface area contributed by atoms with Crippen molar-refractivity contribution in [1.29, 1.82) is 0 Å². The summed E-state index contributed by atoms with van der Waals surface area (Å²) in [6.07, 6.45) is 8.75. The van der Waals surface area contributed by atoms with Crippen molar-refractivity contribution in [1.82, 2.24) is 40.1 Å². The molecule has 7 rings (SSSR count). The van der Waals surface area contributed by atoms with Crippen LogP contribution in [-0.2, 0) is 6.61 Å². The number of benzene rings is 1. The number of rotatable bonds is 6. The number of aromatic amines is 2. The predicted molar refractivity (Wildman–Crippen MR) is 144 cm³/mol. The molecule has 6 aromatic heterocycles. The van der Waals surface area contributed by atoms with Gasteiger partial charge in [0.25, 0.3) is 0 Å². The second kappa shape index (κ2) is 9.21. The highest BCUT2D eigenvalue weighted by Crippen LogP contribution is 2.31. The maximum atomic E-state index is 5.97. The minimum absolute atomic E-state index is 0.464. The molecular weight excluding hydrogens is 476 g/mol. The number of aromatic nitrogens is 8. The molecule has 1 aromatic carbocycles. The first kappa shape index (κ1) is 21.8. The molecule has 182 valence electrons. The number of H-pyrrole nitrogens is 2. The molecular formula is C29H20N8O. The third-order valence-electron chi connectivity index (χ3n) is 6.22. The van der Waals surface area contributed by atoms with Crippen LogP contribution in [0, 0.1) is 0 Å². The van der Waals surface area contributed by atoms with E-state index in [1.54, 1.807) is 31.0 Å². The first-order chi connectivity index (χ1) is 18.8. The fourth-order valence-corrected chi connectivity index (χ4v) is 4.36. The SMILES string of the molecule is c1ccc(COc2cncc(-c3ccc4[nH]nc(-c5nc6c(-c7ccccn7)cncc6[nH]5)c4n3)c2)cc1. The molecule has 0 aliphatic carbocycles. The van der Waals surface area contributed by atoms with Crippen molar-refractivity contribution in [3.8, 4) is 39.8 Å². The minimum atomic E-state index is 0.464. The smallest absolute Gasteiger partial charge is 0.161 e. The van der Waals surface area contributed by atoms with E-state index >= 15 is 0 Å². The summed E-state index contributed by atoms with van der Waals surface area (Å²) in [5, 5.41) is 7.59. The van der Waals surface area contributed by atoms with Crippen LogP contribution in [0.5, 0.6) is 5.75 Å². The molecule has 0 spiro atoms. The largest absolute Gasteiger partial charge is 0.487 e. The Labute approximate surface area is 216 Å². The molecule has 6 heterocycles. The first-order valence-electron chi connectivity index (χ1n) is 12.0. The number of nitrogens with zero attached hydrogens (tertiary/aromatic N) is 6. The van der Waals surface area contributed by atoms with Crippen LogP contribution in [0.15, 0.2) is 97.7 Å². The zero-order chi connectivity index (χ0) is 25.3. The summed E-state index contributed by atoms with van der Waals surface area (Å²) in [5.74, 6) is 1.27. The van der Waals surface area contributed by atoms with E-state index in [4.69, 9.17) is 14.7 Å². The van der Waals surface area contributed by atoms with E-state index in [0.717, 1.165) is 44.6 Å². The number of hydrogen-bond donors (Lipinski definition) is 2. The van der Waals surface area contributed by atoms with Crippen molar-refractivity contribution < 1.29 is 4.74 Å². The van der Waals surface area contributed by atoms with Crippen molar-refractivity contribution in [3.05, 3.63) is 103 Å². The maximum absolute atomic E-state index is 5.97. The van der Waals surface area contributed by atoms with Crippen molar-refractivity contribution in [2.24, 2.45) is 0 Å². The van der Waals surface area contributed by atoms with Gasteiger partial charge >= 0.3 is 0 Å². The molecule has 0 amide bonds. The van der Waals surface area contributed by atoms with Gasteiger partial charge in [0.2, 0.25) is 0 Å². The van der Waals surface area contributed by atoms with Gasteiger partial charge in [-0.3, -0.25) is 20.1 Å². The van der Waals surface area contributed by atoms with Crippen LogP contribution in [0.1, 0.15) is 5.56 Å². The maximum Gasteiger partial charge on any atom is 0.161 e. The Morgan fingerprint density at radius 1 is 0.737 bits per heavy atom. The van der Waals surface area contributed by atoms with Crippen LogP contribution in [0.4, 0.5) is 0 Å². The van der Waals surface area contributed by atoms with Gasteiger partial charge in [-0.15, -0.1) is 0 Å². The molecule has 2 N–H and O–H groups in total. The van der Waals surface area contributed by atoms with E-state index in [2.05, 4.69) is 30.1 Å². The van der Waals surface area contributed by atoms with Crippen molar-refractivity contribution >= 4 is 22.1 Å². The molecule has 0 fully saturated rings. The van der Waals surface area contributed by atoms with Gasteiger partial charge < -0.3 is 9.72 Å². The summed E-state index contributed by atoms with van der Waals surface area (Å²) in [6.45, 7) is 0.464. The highest BCUT2D eigenvalue weighted by atomic mass is 16.5. The van der Waals surface area contributed by atoms with Gasteiger partial charge in [-0.2, -0.15) is 5.10 Å². The zero-order valence-corrected chi connectivity index (χ0v) is 20.0. The fraction of sp³-hybridized carbons (Fsp3) is 0.0345. The molecule has 0 radical (unpaired) electrons. The monoisotopic (exact) mass is 496 g/mol. The zero-order valence-electron chi connectivity index (χ0n) is 20.0. The normalized spacial score (nSPS) is 11.3. The summed E-state index contributed by atoms with van der Waals surface area (Å²) in [4.78, 5) is 26.3. The van der Waals surface area contributed by atoms with E-state index in [1.807, 2.05) is 66.7 Å². The average molecular weight is 497 g/mol. The number of fused-ring (bicyclic) bond motifs is 2. The Kier molecular flexibility index (Phi) is 5.29. The first-order valence-corrected chi connectivity index (χ1v) is 12.0. The Hall–Kier alpha value is -5.44. The summed E-state index contributed by atoms with van der Waals surface area (Å²) < 4.78 is 5.97. The van der Waals surface area contributed by atoms with Gasteiger partial charge in [-0.25, -0.2) is 9.97 Å². The molecule has 0 aliphatic rings. The number of imidazole rings is 1. The van der Waals surface area contributed by atoms with Crippen molar-refractivity contribution in [2.75, 3.05) is 0 Å². The van der Waals surface area contributed by atoms with Crippen LogP contribution in [-0.4, -0.2) is 40.1 Å². The molecule has 0 atom stereocenters. The highest BCUT2D eigenvalue weighted by Gasteiger charge is 2.17. The van der Waals surface area contributed by atoms with E-state index in [1.165, 1.54) is 0 Å². The fourth-order valence-electron chi connectivity index (χ4n) is 4.36. The van der Waals surface area contributed by atoms with Crippen LogP contribution >= 0.6 is 0 Å². The van der Waals surface area contributed by atoms with Crippen LogP contribution in [0.2, 0.25) is 0 Å². The van der Waals surface area contributed by atoms with Crippen molar-refractivity contribution in [2.45, 2.75) is 6.61 Å². The Balaban J connectivity index is 1.24. The lowest BCUT2D eigenvalue weighted by Gasteiger charge is -2.08. The number of nitrogens with one attached hydrogen (secondary N) is 2. The molecule has 38 heavy (non-hydrogen) atoms. The van der Waals surface area contributed by atoms with Crippen molar-refractivity contribution in [3.63, 3.8) is 0 Å². The van der Waals surface area contributed by atoms with Crippen LogP contribution < -0.4 is 4.74 Å². The van der Waals surface area contributed by atoms with Crippen LogP contribution in [0.3, 0.4) is 0 Å². The van der Waals surface area contributed by atoms with E-state index in [0.29, 0.717) is 29.4 Å². The summed E-state index contributed by atoms with van der Waals surface area (Å²) in [6, 6.07) is 21.6. The Morgan fingerprint density at radius 3 is 2.53 bits per heavy atom. The number of ether oxygens (including phenoxy) is 1. The summed E-state index contributed by atoms with van der Waals surface area (Å²) in [7, 11) is 0. The Morgan fingerprint density at radius 2 is 1.63 bits per heavy atom.